The Labute approximate surface area is 160 Å². The molecule has 0 radical (unpaired) electrons. The van der Waals surface area contributed by atoms with Crippen LogP contribution in [0, 0.1) is 0 Å². The summed E-state index contributed by atoms with van der Waals surface area (Å²) >= 11 is 7.51. The molecule has 0 spiro atoms. The molecule has 0 atom stereocenters. The Balaban J connectivity index is 1.71. The molecule has 0 heterocycles. The lowest BCUT2D eigenvalue weighted by atomic mass is 10.2. The quantitative estimate of drug-likeness (QED) is 0.505. The summed E-state index contributed by atoms with van der Waals surface area (Å²) in [6, 6.07) is 14.2. The molecule has 26 heavy (non-hydrogen) atoms. The summed E-state index contributed by atoms with van der Waals surface area (Å²) in [5.74, 6) is 0.120. The van der Waals surface area contributed by atoms with E-state index in [1.165, 1.54) is 18.0 Å². The Hall–Kier alpha value is -2.51. The largest absolute Gasteiger partial charge is 0.482 e. The van der Waals surface area contributed by atoms with Gasteiger partial charge in [-0.05, 0) is 41.5 Å². The maximum absolute atomic E-state index is 11.8. The number of hydrazone groups is 1. The molecule has 0 aliphatic rings. The molecule has 6 nitrogen and oxygen atoms in total. The van der Waals surface area contributed by atoms with E-state index in [-0.39, 0.29) is 11.7 Å². The van der Waals surface area contributed by atoms with E-state index in [2.05, 4.69) is 10.5 Å². The van der Waals surface area contributed by atoms with Crippen LogP contribution in [0.5, 0.6) is 5.75 Å². The molecule has 0 bridgehead atoms. The predicted octanol–water partition coefficient (Wildman–Crippen LogP) is 3.19. The third kappa shape index (κ3) is 7.16. The van der Waals surface area contributed by atoms with Crippen LogP contribution in [-0.2, 0) is 15.3 Å². The van der Waals surface area contributed by atoms with Crippen molar-refractivity contribution in [2.24, 2.45) is 5.10 Å². The minimum Gasteiger partial charge on any atom is -0.482 e. The highest BCUT2D eigenvalue weighted by atomic mass is 35.5. The number of carbonyl (C=O) groups is 2. The number of aliphatic carboxylic acids is 1. The van der Waals surface area contributed by atoms with Crippen molar-refractivity contribution in [3.05, 3.63) is 64.7 Å². The van der Waals surface area contributed by atoms with E-state index in [1.807, 2.05) is 24.3 Å². The Kier molecular flexibility index (Phi) is 7.98. The second-order valence-corrected chi connectivity index (χ2v) is 6.52. The summed E-state index contributed by atoms with van der Waals surface area (Å²) < 4.78 is 5.03. The van der Waals surface area contributed by atoms with Gasteiger partial charge in [0.2, 0.25) is 5.91 Å². The molecule has 1 amide bonds. The highest BCUT2D eigenvalue weighted by molar-refractivity contribution is 7.99. The van der Waals surface area contributed by atoms with Crippen LogP contribution in [0.15, 0.2) is 53.6 Å². The average Bonchev–Trinajstić information content (AvgIpc) is 2.62. The number of hydrogen-bond donors (Lipinski definition) is 2. The Morgan fingerprint density at radius 1 is 1.19 bits per heavy atom. The number of carboxylic acid groups (broad SMARTS) is 1. The van der Waals surface area contributed by atoms with Gasteiger partial charge < -0.3 is 9.84 Å². The minimum absolute atomic E-state index is 0.209. The molecular weight excluding hydrogens is 376 g/mol. The van der Waals surface area contributed by atoms with Crippen molar-refractivity contribution in [2.45, 2.75) is 5.75 Å². The molecule has 2 N–H and O–H groups in total. The van der Waals surface area contributed by atoms with E-state index in [4.69, 9.17) is 21.4 Å². The molecule has 2 aromatic carbocycles. The number of thioether (sulfide) groups is 1. The van der Waals surface area contributed by atoms with Crippen LogP contribution in [-0.4, -0.2) is 35.6 Å². The maximum atomic E-state index is 11.8. The molecule has 0 saturated carbocycles. The van der Waals surface area contributed by atoms with Gasteiger partial charge in [-0.15, -0.1) is 11.8 Å². The van der Waals surface area contributed by atoms with Crippen molar-refractivity contribution in [3.63, 3.8) is 0 Å². The predicted molar refractivity (Wildman–Crippen MR) is 103 cm³/mol. The fraction of sp³-hybridized carbons (Fsp3) is 0.167. The van der Waals surface area contributed by atoms with Crippen molar-refractivity contribution in [2.75, 3.05) is 12.4 Å². The fourth-order valence-corrected chi connectivity index (χ4v) is 2.98. The molecule has 0 saturated heterocycles. The first kappa shape index (κ1) is 19.8. The zero-order valence-electron chi connectivity index (χ0n) is 13.7. The van der Waals surface area contributed by atoms with Gasteiger partial charge in [-0.25, -0.2) is 10.2 Å². The van der Waals surface area contributed by atoms with Crippen LogP contribution >= 0.6 is 23.4 Å². The van der Waals surface area contributed by atoms with Gasteiger partial charge in [0.05, 0.1) is 12.0 Å². The molecule has 2 aromatic rings. The number of benzene rings is 2. The Bertz CT molecular complexity index is 781. The number of nitrogens with one attached hydrogen (secondary N) is 1. The lowest BCUT2D eigenvalue weighted by molar-refractivity contribution is -0.139. The summed E-state index contributed by atoms with van der Waals surface area (Å²) in [6.45, 7) is -0.393. The van der Waals surface area contributed by atoms with Crippen molar-refractivity contribution >= 4 is 41.5 Å². The van der Waals surface area contributed by atoms with Crippen molar-refractivity contribution < 1.29 is 19.4 Å². The van der Waals surface area contributed by atoms with E-state index in [0.717, 1.165) is 11.1 Å². The van der Waals surface area contributed by atoms with Crippen LogP contribution in [0.25, 0.3) is 0 Å². The fourth-order valence-electron chi connectivity index (χ4n) is 1.88. The lowest BCUT2D eigenvalue weighted by Crippen LogP contribution is -2.19. The summed E-state index contributed by atoms with van der Waals surface area (Å²) in [5.41, 5.74) is 4.19. The zero-order chi connectivity index (χ0) is 18.8. The summed E-state index contributed by atoms with van der Waals surface area (Å²) in [7, 11) is 0. The number of ether oxygens (including phenoxy) is 1. The maximum Gasteiger partial charge on any atom is 0.341 e. The SMILES string of the molecule is O=C(O)COc1ccc(C=NNC(=O)CSCc2ccccc2Cl)cc1. The Morgan fingerprint density at radius 3 is 2.62 bits per heavy atom. The number of carbonyl (C=O) groups excluding carboxylic acids is 1. The van der Waals surface area contributed by atoms with E-state index in [0.29, 0.717) is 16.5 Å². The van der Waals surface area contributed by atoms with Gasteiger partial charge in [0.15, 0.2) is 6.61 Å². The third-order valence-corrected chi connectivity index (χ3v) is 4.44. The van der Waals surface area contributed by atoms with Gasteiger partial charge >= 0.3 is 5.97 Å². The van der Waals surface area contributed by atoms with Gasteiger partial charge in [-0.3, -0.25) is 4.79 Å². The number of amides is 1. The Morgan fingerprint density at radius 2 is 1.92 bits per heavy atom. The van der Waals surface area contributed by atoms with Crippen LogP contribution in [0.3, 0.4) is 0 Å². The second-order valence-electron chi connectivity index (χ2n) is 5.13. The van der Waals surface area contributed by atoms with Gasteiger partial charge in [0.25, 0.3) is 0 Å². The third-order valence-electron chi connectivity index (χ3n) is 3.09. The molecule has 136 valence electrons. The zero-order valence-corrected chi connectivity index (χ0v) is 15.3. The van der Waals surface area contributed by atoms with Crippen LogP contribution < -0.4 is 10.2 Å². The summed E-state index contributed by atoms with van der Waals surface area (Å²) in [4.78, 5) is 22.2. The van der Waals surface area contributed by atoms with Crippen LogP contribution in [0.2, 0.25) is 5.02 Å². The standard InChI is InChI=1S/C18H17ClN2O4S/c19-16-4-2-1-3-14(16)11-26-12-17(22)21-20-9-13-5-7-15(8-6-13)25-10-18(23)24/h1-9H,10-12H2,(H,21,22)(H,23,24). The number of hydrogen-bond acceptors (Lipinski definition) is 5. The van der Waals surface area contributed by atoms with E-state index >= 15 is 0 Å². The first-order valence-electron chi connectivity index (χ1n) is 7.62. The number of halogens is 1. The highest BCUT2D eigenvalue weighted by Gasteiger charge is 2.03. The topological polar surface area (TPSA) is 88.0 Å². The van der Waals surface area contributed by atoms with Gasteiger partial charge in [-0.1, -0.05) is 29.8 Å². The van der Waals surface area contributed by atoms with E-state index in [1.54, 1.807) is 24.3 Å². The number of nitrogens with zero attached hydrogens (tertiary/aromatic N) is 1. The summed E-state index contributed by atoms with van der Waals surface area (Å²) in [6.07, 6.45) is 1.50. The molecule has 0 fully saturated rings. The van der Waals surface area contributed by atoms with Gasteiger partial charge in [0.1, 0.15) is 5.75 Å². The number of carboxylic acids is 1. The molecule has 0 aliphatic carbocycles. The molecule has 2 rings (SSSR count). The van der Waals surface area contributed by atoms with Gasteiger partial charge in [-0.2, -0.15) is 5.10 Å². The summed E-state index contributed by atoms with van der Waals surface area (Å²) in [5, 5.41) is 13.1. The first-order chi connectivity index (χ1) is 12.5. The van der Waals surface area contributed by atoms with E-state index in [9.17, 15) is 9.59 Å². The van der Waals surface area contributed by atoms with Gasteiger partial charge in [0, 0.05) is 10.8 Å². The van der Waals surface area contributed by atoms with Crippen LogP contribution in [0.4, 0.5) is 0 Å². The molecule has 8 heteroatoms. The van der Waals surface area contributed by atoms with Crippen LogP contribution in [0.1, 0.15) is 11.1 Å². The second kappa shape index (κ2) is 10.5. The van der Waals surface area contributed by atoms with Crippen molar-refractivity contribution in [1.82, 2.24) is 5.43 Å². The molecule has 0 aromatic heterocycles. The highest BCUT2D eigenvalue weighted by Crippen LogP contribution is 2.20. The first-order valence-corrected chi connectivity index (χ1v) is 9.15. The van der Waals surface area contributed by atoms with Crippen molar-refractivity contribution in [1.29, 1.82) is 0 Å². The minimum atomic E-state index is -1.04. The normalized spacial score (nSPS) is 10.7. The van der Waals surface area contributed by atoms with E-state index < -0.39 is 12.6 Å². The number of rotatable bonds is 9. The molecule has 0 aliphatic heterocycles. The van der Waals surface area contributed by atoms with Crippen molar-refractivity contribution in [3.8, 4) is 5.75 Å². The molecule has 0 unspecified atom stereocenters. The average molecular weight is 393 g/mol. The molecular formula is C18H17ClN2O4S. The monoisotopic (exact) mass is 392 g/mol. The smallest absolute Gasteiger partial charge is 0.341 e. The lowest BCUT2D eigenvalue weighted by Gasteiger charge is -2.04.